The van der Waals surface area contributed by atoms with Crippen LogP contribution in [0.25, 0.3) is 22.0 Å². The SMILES string of the molecule is COc1ccc(-c2ccc3nc[nH]c(=O)c3c2)c(F)c1. The highest BCUT2D eigenvalue weighted by molar-refractivity contribution is 5.83. The minimum Gasteiger partial charge on any atom is -0.497 e. The summed E-state index contributed by atoms with van der Waals surface area (Å²) in [4.78, 5) is 18.3. The molecule has 0 aliphatic rings. The van der Waals surface area contributed by atoms with E-state index in [0.29, 0.717) is 27.8 Å². The van der Waals surface area contributed by atoms with Gasteiger partial charge in [-0.2, -0.15) is 0 Å². The molecule has 0 aliphatic heterocycles. The molecule has 20 heavy (non-hydrogen) atoms. The van der Waals surface area contributed by atoms with Crippen LogP contribution in [0.4, 0.5) is 4.39 Å². The van der Waals surface area contributed by atoms with Crippen molar-refractivity contribution in [3.8, 4) is 16.9 Å². The van der Waals surface area contributed by atoms with Gasteiger partial charge in [0.1, 0.15) is 11.6 Å². The van der Waals surface area contributed by atoms with Crippen molar-refractivity contribution < 1.29 is 9.13 Å². The molecule has 5 heteroatoms. The fraction of sp³-hybridized carbons (Fsp3) is 0.0667. The molecule has 0 amide bonds. The van der Waals surface area contributed by atoms with Crippen molar-refractivity contribution in [3.63, 3.8) is 0 Å². The second-order valence-electron chi connectivity index (χ2n) is 4.31. The highest BCUT2D eigenvalue weighted by atomic mass is 19.1. The summed E-state index contributed by atoms with van der Waals surface area (Å²) in [6, 6.07) is 9.68. The molecule has 1 aromatic heterocycles. The summed E-state index contributed by atoms with van der Waals surface area (Å²) in [6.45, 7) is 0. The fourth-order valence-corrected chi connectivity index (χ4v) is 2.09. The van der Waals surface area contributed by atoms with E-state index in [1.54, 1.807) is 30.3 Å². The molecular formula is C15H11FN2O2. The Kier molecular flexibility index (Phi) is 2.95. The first kappa shape index (κ1) is 12.3. The molecule has 0 unspecified atom stereocenters. The van der Waals surface area contributed by atoms with E-state index in [2.05, 4.69) is 9.97 Å². The first-order valence-corrected chi connectivity index (χ1v) is 6.00. The van der Waals surface area contributed by atoms with Crippen LogP contribution in [0.3, 0.4) is 0 Å². The molecule has 100 valence electrons. The molecule has 0 spiro atoms. The summed E-state index contributed by atoms with van der Waals surface area (Å²) in [5, 5.41) is 0.431. The molecule has 3 aromatic rings. The number of nitrogens with zero attached hydrogens (tertiary/aromatic N) is 1. The monoisotopic (exact) mass is 270 g/mol. The number of halogens is 1. The molecule has 2 aromatic carbocycles. The number of nitrogens with one attached hydrogen (secondary N) is 1. The van der Waals surface area contributed by atoms with Gasteiger partial charge in [-0.05, 0) is 29.8 Å². The van der Waals surface area contributed by atoms with Crippen molar-refractivity contribution in [2.24, 2.45) is 0 Å². The largest absolute Gasteiger partial charge is 0.497 e. The standard InChI is InChI=1S/C15H11FN2O2/c1-20-10-3-4-11(13(16)7-10)9-2-5-14-12(6-9)15(19)18-8-17-14/h2-8H,1H3,(H,17,18,19). The van der Waals surface area contributed by atoms with E-state index in [9.17, 15) is 9.18 Å². The van der Waals surface area contributed by atoms with E-state index in [1.807, 2.05) is 0 Å². The van der Waals surface area contributed by atoms with Crippen molar-refractivity contribution in [2.45, 2.75) is 0 Å². The zero-order valence-corrected chi connectivity index (χ0v) is 10.7. The van der Waals surface area contributed by atoms with Crippen LogP contribution in [0.15, 0.2) is 47.5 Å². The van der Waals surface area contributed by atoms with Gasteiger partial charge in [0.25, 0.3) is 5.56 Å². The average molecular weight is 270 g/mol. The molecule has 1 N–H and O–H groups in total. The number of H-pyrrole nitrogens is 1. The quantitative estimate of drug-likeness (QED) is 0.779. The van der Waals surface area contributed by atoms with Crippen LogP contribution in [0, 0.1) is 5.82 Å². The number of hydrogen-bond donors (Lipinski definition) is 1. The first-order valence-electron chi connectivity index (χ1n) is 6.00. The first-order chi connectivity index (χ1) is 9.69. The lowest BCUT2D eigenvalue weighted by atomic mass is 10.0. The number of benzene rings is 2. The predicted octanol–water partition coefficient (Wildman–Crippen LogP) is 2.74. The molecule has 4 nitrogen and oxygen atoms in total. The lowest BCUT2D eigenvalue weighted by Crippen LogP contribution is -2.06. The molecule has 0 atom stereocenters. The topological polar surface area (TPSA) is 55.0 Å². The Morgan fingerprint density at radius 2 is 2.05 bits per heavy atom. The summed E-state index contributed by atoms with van der Waals surface area (Å²) < 4.78 is 19.0. The van der Waals surface area contributed by atoms with Crippen LogP contribution in [0.1, 0.15) is 0 Å². The number of methoxy groups -OCH3 is 1. The Bertz CT molecular complexity index is 843. The van der Waals surface area contributed by atoms with Crippen LogP contribution < -0.4 is 10.3 Å². The minimum atomic E-state index is -0.399. The highest BCUT2D eigenvalue weighted by Crippen LogP contribution is 2.27. The molecule has 0 fully saturated rings. The maximum atomic E-state index is 14.0. The van der Waals surface area contributed by atoms with E-state index < -0.39 is 5.82 Å². The van der Waals surface area contributed by atoms with Gasteiger partial charge in [-0.25, -0.2) is 9.37 Å². The van der Waals surface area contributed by atoms with Gasteiger partial charge in [0.2, 0.25) is 0 Å². The third-order valence-electron chi connectivity index (χ3n) is 3.13. The third-order valence-corrected chi connectivity index (χ3v) is 3.13. The maximum absolute atomic E-state index is 14.0. The number of aromatic amines is 1. The summed E-state index contributed by atoms with van der Waals surface area (Å²) in [5.74, 6) is 0.0515. The number of aromatic nitrogens is 2. The Hall–Kier alpha value is -2.69. The van der Waals surface area contributed by atoms with Gasteiger partial charge in [0, 0.05) is 11.6 Å². The van der Waals surface area contributed by atoms with Crippen molar-refractivity contribution in [3.05, 3.63) is 58.9 Å². The lowest BCUT2D eigenvalue weighted by Gasteiger charge is -2.06. The number of fused-ring (bicyclic) bond motifs is 1. The van der Waals surface area contributed by atoms with E-state index in [1.165, 1.54) is 19.5 Å². The highest BCUT2D eigenvalue weighted by Gasteiger charge is 2.08. The van der Waals surface area contributed by atoms with Crippen LogP contribution in [-0.4, -0.2) is 17.1 Å². The fourth-order valence-electron chi connectivity index (χ4n) is 2.09. The molecule has 0 aliphatic carbocycles. The third kappa shape index (κ3) is 2.03. The zero-order valence-electron chi connectivity index (χ0n) is 10.7. The van der Waals surface area contributed by atoms with Gasteiger partial charge >= 0.3 is 0 Å². The van der Waals surface area contributed by atoms with Crippen LogP contribution >= 0.6 is 0 Å². The lowest BCUT2D eigenvalue weighted by molar-refractivity contribution is 0.411. The van der Waals surface area contributed by atoms with Crippen LogP contribution in [0.5, 0.6) is 5.75 Å². The molecule has 0 saturated carbocycles. The van der Waals surface area contributed by atoms with Crippen molar-refractivity contribution in [1.29, 1.82) is 0 Å². The Balaban J connectivity index is 2.20. The Morgan fingerprint density at radius 1 is 1.20 bits per heavy atom. The maximum Gasteiger partial charge on any atom is 0.258 e. The molecule has 0 bridgehead atoms. The smallest absolute Gasteiger partial charge is 0.258 e. The zero-order chi connectivity index (χ0) is 14.1. The van der Waals surface area contributed by atoms with Gasteiger partial charge in [0.15, 0.2) is 0 Å². The number of hydrogen-bond acceptors (Lipinski definition) is 3. The molecule has 0 saturated heterocycles. The van der Waals surface area contributed by atoms with Gasteiger partial charge in [-0.3, -0.25) is 4.79 Å². The summed E-state index contributed by atoms with van der Waals surface area (Å²) >= 11 is 0. The summed E-state index contributed by atoms with van der Waals surface area (Å²) in [5.41, 5.74) is 1.37. The second-order valence-corrected chi connectivity index (χ2v) is 4.31. The van der Waals surface area contributed by atoms with Crippen LogP contribution in [-0.2, 0) is 0 Å². The van der Waals surface area contributed by atoms with Gasteiger partial charge < -0.3 is 9.72 Å². The summed E-state index contributed by atoms with van der Waals surface area (Å²) in [6.07, 6.45) is 1.35. The van der Waals surface area contributed by atoms with Crippen molar-refractivity contribution >= 4 is 10.9 Å². The number of rotatable bonds is 2. The van der Waals surface area contributed by atoms with E-state index in [4.69, 9.17) is 4.74 Å². The second kappa shape index (κ2) is 4.77. The number of ether oxygens (including phenoxy) is 1. The van der Waals surface area contributed by atoms with E-state index >= 15 is 0 Å². The van der Waals surface area contributed by atoms with Gasteiger partial charge in [0.05, 0.1) is 24.3 Å². The summed E-state index contributed by atoms with van der Waals surface area (Å²) in [7, 11) is 1.48. The minimum absolute atomic E-state index is 0.245. The molecule has 0 radical (unpaired) electrons. The average Bonchev–Trinajstić information content (AvgIpc) is 2.47. The Morgan fingerprint density at radius 3 is 2.80 bits per heavy atom. The predicted molar refractivity (Wildman–Crippen MR) is 74.3 cm³/mol. The van der Waals surface area contributed by atoms with Crippen LogP contribution in [0.2, 0.25) is 0 Å². The van der Waals surface area contributed by atoms with Crippen molar-refractivity contribution in [2.75, 3.05) is 7.11 Å². The molecule has 1 heterocycles. The van der Waals surface area contributed by atoms with E-state index in [0.717, 1.165) is 0 Å². The molecular weight excluding hydrogens is 259 g/mol. The Labute approximate surface area is 113 Å². The molecule has 3 rings (SSSR count). The van der Waals surface area contributed by atoms with Crippen molar-refractivity contribution in [1.82, 2.24) is 9.97 Å². The van der Waals surface area contributed by atoms with Gasteiger partial charge in [-0.15, -0.1) is 0 Å². The van der Waals surface area contributed by atoms with Gasteiger partial charge in [-0.1, -0.05) is 6.07 Å². The normalized spacial score (nSPS) is 10.7. The van der Waals surface area contributed by atoms with E-state index in [-0.39, 0.29) is 5.56 Å².